The van der Waals surface area contributed by atoms with E-state index in [1.165, 1.54) is 6.42 Å². The number of morpholine rings is 1. The molecule has 2 unspecified atom stereocenters. The Hall–Kier alpha value is -1.30. The predicted molar refractivity (Wildman–Crippen MR) is 73.4 cm³/mol. The van der Waals surface area contributed by atoms with Crippen molar-refractivity contribution >= 4 is 11.7 Å². The zero-order chi connectivity index (χ0) is 14.2. The van der Waals surface area contributed by atoms with Crippen molar-refractivity contribution in [2.24, 2.45) is 16.3 Å². The summed E-state index contributed by atoms with van der Waals surface area (Å²) in [6, 6.07) is 0.175. The van der Waals surface area contributed by atoms with Crippen molar-refractivity contribution in [3.8, 4) is 0 Å². The van der Waals surface area contributed by atoms with E-state index in [0.717, 1.165) is 25.7 Å². The van der Waals surface area contributed by atoms with E-state index in [0.29, 0.717) is 26.0 Å². The minimum atomic E-state index is -0.756. The Bertz CT molecular complexity index is 418. The van der Waals surface area contributed by atoms with Crippen molar-refractivity contribution in [3.05, 3.63) is 0 Å². The minimum absolute atomic E-state index is 0.0410. The molecule has 6 nitrogen and oxygen atoms in total. The lowest BCUT2D eigenvalue weighted by Crippen LogP contribution is -2.62. The highest BCUT2D eigenvalue weighted by Crippen LogP contribution is 2.44. The highest BCUT2D eigenvalue weighted by Gasteiger charge is 2.52. The number of carbonyl (C=O) groups excluding carboxylic acids is 1. The lowest BCUT2D eigenvalue weighted by Gasteiger charge is -2.49. The number of oxime groups is 1. The van der Waals surface area contributed by atoms with E-state index in [-0.39, 0.29) is 23.9 Å². The molecule has 0 radical (unpaired) electrons. The van der Waals surface area contributed by atoms with Crippen LogP contribution in [0, 0.1) is 5.41 Å². The number of ether oxygens (including phenoxy) is 1. The Balaban J connectivity index is 1.81. The molecule has 2 aliphatic carbocycles. The van der Waals surface area contributed by atoms with E-state index in [1.807, 2.05) is 4.90 Å². The summed E-state index contributed by atoms with van der Waals surface area (Å²) in [5.74, 6) is 0.117. The first-order valence-corrected chi connectivity index (χ1v) is 7.60. The molecule has 2 atom stereocenters. The number of nitrogens with zero attached hydrogens (tertiary/aromatic N) is 2. The molecule has 0 aromatic carbocycles. The van der Waals surface area contributed by atoms with Gasteiger partial charge in [0, 0.05) is 6.54 Å². The fraction of sp³-hybridized carbons (Fsp3) is 0.857. The Kier molecular flexibility index (Phi) is 3.58. The van der Waals surface area contributed by atoms with Gasteiger partial charge in [-0.3, -0.25) is 4.79 Å². The maximum absolute atomic E-state index is 13.0. The van der Waals surface area contributed by atoms with Crippen molar-refractivity contribution in [1.29, 1.82) is 0 Å². The molecule has 0 bridgehead atoms. The van der Waals surface area contributed by atoms with Gasteiger partial charge in [0.2, 0.25) is 5.91 Å². The number of amidine groups is 1. The lowest BCUT2D eigenvalue weighted by molar-refractivity contribution is -0.160. The molecule has 2 saturated carbocycles. The van der Waals surface area contributed by atoms with Gasteiger partial charge in [-0.1, -0.05) is 24.4 Å². The third-order valence-corrected chi connectivity index (χ3v) is 5.21. The standard InChI is InChI=1S/C14H23N3O3/c15-12(16-19)14(6-3-7-14)13(18)17-8-9-20-11-5-2-1-4-10(11)17/h10-11,19H,1-9H2,(H2,15,16). The van der Waals surface area contributed by atoms with Crippen molar-refractivity contribution in [3.63, 3.8) is 0 Å². The third-order valence-electron chi connectivity index (χ3n) is 5.21. The van der Waals surface area contributed by atoms with Gasteiger partial charge < -0.3 is 20.6 Å². The Morgan fingerprint density at radius 1 is 1.30 bits per heavy atom. The highest BCUT2D eigenvalue weighted by molar-refractivity contribution is 6.07. The van der Waals surface area contributed by atoms with Gasteiger partial charge in [0.1, 0.15) is 5.41 Å². The number of rotatable bonds is 2. The summed E-state index contributed by atoms with van der Waals surface area (Å²) in [5.41, 5.74) is 5.05. The second kappa shape index (κ2) is 5.24. The number of hydrogen-bond acceptors (Lipinski definition) is 4. The highest BCUT2D eigenvalue weighted by atomic mass is 16.5. The average molecular weight is 281 g/mol. The molecule has 0 aromatic heterocycles. The van der Waals surface area contributed by atoms with Crippen molar-refractivity contribution < 1.29 is 14.7 Å². The zero-order valence-electron chi connectivity index (χ0n) is 11.8. The fourth-order valence-corrected chi connectivity index (χ4v) is 3.83. The molecule has 0 aromatic rings. The first-order valence-electron chi connectivity index (χ1n) is 7.60. The van der Waals surface area contributed by atoms with E-state index in [2.05, 4.69) is 5.16 Å². The monoisotopic (exact) mass is 281 g/mol. The van der Waals surface area contributed by atoms with E-state index >= 15 is 0 Å². The van der Waals surface area contributed by atoms with Gasteiger partial charge in [-0.05, 0) is 25.7 Å². The summed E-state index contributed by atoms with van der Waals surface area (Å²) in [7, 11) is 0. The van der Waals surface area contributed by atoms with Crippen LogP contribution in [-0.2, 0) is 9.53 Å². The molecule has 3 aliphatic rings. The van der Waals surface area contributed by atoms with Gasteiger partial charge >= 0.3 is 0 Å². The van der Waals surface area contributed by atoms with Crippen LogP contribution in [0.1, 0.15) is 44.9 Å². The summed E-state index contributed by atoms with van der Waals surface area (Å²) in [4.78, 5) is 14.9. The summed E-state index contributed by atoms with van der Waals surface area (Å²) in [6.07, 6.45) is 6.87. The van der Waals surface area contributed by atoms with Gasteiger partial charge in [-0.2, -0.15) is 0 Å². The van der Waals surface area contributed by atoms with Crippen molar-refractivity contribution in [2.45, 2.75) is 57.1 Å². The van der Waals surface area contributed by atoms with Crippen LogP contribution < -0.4 is 5.73 Å². The first kappa shape index (κ1) is 13.7. The SMILES string of the molecule is NC(=NO)C1(C(=O)N2CCOC3CCCCC32)CCC1. The summed E-state index contributed by atoms with van der Waals surface area (Å²) in [6.45, 7) is 1.22. The molecule has 1 saturated heterocycles. The zero-order valence-corrected chi connectivity index (χ0v) is 11.8. The molecular formula is C14H23N3O3. The molecule has 20 heavy (non-hydrogen) atoms. The molecule has 6 heteroatoms. The maximum Gasteiger partial charge on any atom is 0.236 e. The number of amides is 1. The van der Waals surface area contributed by atoms with E-state index in [1.54, 1.807) is 0 Å². The van der Waals surface area contributed by atoms with Crippen LogP contribution in [0.2, 0.25) is 0 Å². The van der Waals surface area contributed by atoms with Gasteiger partial charge in [0.15, 0.2) is 5.84 Å². The van der Waals surface area contributed by atoms with Gasteiger partial charge in [0.25, 0.3) is 0 Å². The molecule has 1 aliphatic heterocycles. The van der Waals surface area contributed by atoms with Crippen molar-refractivity contribution in [2.75, 3.05) is 13.2 Å². The number of nitrogens with two attached hydrogens (primary N) is 1. The topological polar surface area (TPSA) is 88.2 Å². The molecule has 3 fully saturated rings. The van der Waals surface area contributed by atoms with Gasteiger partial charge in [0.05, 0.1) is 18.8 Å². The van der Waals surface area contributed by atoms with E-state index < -0.39 is 5.41 Å². The average Bonchev–Trinajstić information content (AvgIpc) is 2.45. The summed E-state index contributed by atoms with van der Waals surface area (Å²) >= 11 is 0. The van der Waals surface area contributed by atoms with Gasteiger partial charge in [-0.25, -0.2) is 0 Å². The Morgan fingerprint density at radius 3 is 2.70 bits per heavy atom. The Labute approximate surface area is 118 Å². The lowest BCUT2D eigenvalue weighted by atomic mass is 9.66. The van der Waals surface area contributed by atoms with Crippen LogP contribution in [0.5, 0.6) is 0 Å². The van der Waals surface area contributed by atoms with Crippen LogP contribution in [0.15, 0.2) is 5.16 Å². The molecule has 3 rings (SSSR count). The van der Waals surface area contributed by atoms with Crippen LogP contribution >= 0.6 is 0 Å². The predicted octanol–water partition coefficient (Wildman–Crippen LogP) is 1.07. The third kappa shape index (κ3) is 1.97. The second-order valence-electron chi connectivity index (χ2n) is 6.18. The molecule has 112 valence electrons. The summed E-state index contributed by atoms with van der Waals surface area (Å²) in [5, 5.41) is 12.1. The number of fused-ring (bicyclic) bond motifs is 1. The second-order valence-corrected chi connectivity index (χ2v) is 6.18. The van der Waals surface area contributed by atoms with Crippen LogP contribution in [0.25, 0.3) is 0 Å². The first-order chi connectivity index (χ1) is 9.69. The molecule has 1 heterocycles. The molecule has 1 amide bonds. The van der Waals surface area contributed by atoms with Crippen LogP contribution in [0.3, 0.4) is 0 Å². The minimum Gasteiger partial charge on any atom is -0.409 e. The van der Waals surface area contributed by atoms with Crippen LogP contribution in [0.4, 0.5) is 0 Å². The molecule has 0 spiro atoms. The maximum atomic E-state index is 13.0. The van der Waals surface area contributed by atoms with Crippen molar-refractivity contribution in [1.82, 2.24) is 4.90 Å². The number of hydrogen-bond donors (Lipinski definition) is 2. The molecular weight excluding hydrogens is 258 g/mol. The van der Waals surface area contributed by atoms with Crippen LogP contribution in [-0.4, -0.2) is 47.1 Å². The summed E-state index contributed by atoms with van der Waals surface area (Å²) < 4.78 is 5.81. The Morgan fingerprint density at radius 2 is 2.05 bits per heavy atom. The number of carbonyl (C=O) groups is 1. The smallest absolute Gasteiger partial charge is 0.236 e. The molecule has 3 N–H and O–H groups in total. The fourth-order valence-electron chi connectivity index (χ4n) is 3.83. The van der Waals surface area contributed by atoms with E-state index in [9.17, 15) is 4.79 Å². The normalized spacial score (nSPS) is 33.2. The van der Waals surface area contributed by atoms with Gasteiger partial charge in [-0.15, -0.1) is 0 Å². The largest absolute Gasteiger partial charge is 0.409 e. The quantitative estimate of drug-likeness (QED) is 0.343. The van der Waals surface area contributed by atoms with E-state index in [4.69, 9.17) is 15.7 Å².